The van der Waals surface area contributed by atoms with Crippen molar-refractivity contribution >= 4 is 17.7 Å². The molecule has 3 heterocycles. The van der Waals surface area contributed by atoms with Crippen molar-refractivity contribution in [3.05, 3.63) is 64.7 Å². The van der Waals surface area contributed by atoms with Gasteiger partial charge in [0, 0.05) is 19.0 Å². The Morgan fingerprint density at radius 3 is 2.42 bits per heavy atom. The van der Waals surface area contributed by atoms with E-state index in [1.165, 1.54) is 12.0 Å². The van der Waals surface area contributed by atoms with E-state index in [2.05, 4.69) is 0 Å². The molecular weight excluding hydrogens is 424 g/mol. The Hall–Kier alpha value is -3.23. The fraction of sp³-hybridized carbons (Fsp3) is 0.400. The summed E-state index contributed by atoms with van der Waals surface area (Å²) in [6.07, 6.45) is 1.56. The highest BCUT2D eigenvalue weighted by Crippen LogP contribution is 2.30. The lowest BCUT2D eigenvalue weighted by molar-refractivity contribution is -0.0969. The number of nitrogens with zero attached hydrogens (tertiary/aromatic N) is 2. The van der Waals surface area contributed by atoms with Crippen molar-refractivity contribution in [2.24, 2.45) is 5.92 Å². The van der Waals surface area contributed by atoms with Crippen LogP contribution in [-0.4, -0.2) is 67.2 Å². The van der Waals surface area contributed by atoms with E-state index in [9.17, 15) is 14.4 Å². The number of rotatable bonds is 5. The van der Waals surface area contributed by atoms with Gasteiger partial charge in [-0.05, 0) is 42.7 Å². The first-order valence-electron chi connectivity index (χ1n) is 11.2. The summed E-state index contributed by atoms with van der Waals surface area (Å²) in [6, 6.07) is 12.0. The van der Waals surface area contributed by atoms with Crippen LogP contribution in [0.3, 0.4) is 0 Å². The molecule has 0 bridgehead atoms. The maximum absolute atomic E-state index is 13.5. The molecule has 0 spiro atoms. The number of benzene rings is 2. The molecule has 0 aromatic heterocycles. The lowest BCUT2D eigenvalue weighted by Crippen LogP contribution is -2.44. The van der Waals surface area contributed by atoms with E-state index in [4.69, 9.17) is 14.2 Å². The number of ether oxygens (including phenoxy) is 3. The van der Waals surface area contributed by atoms with Gasteiger partial charge < -0.3 is 19.1 Å². The minimum Gasteiger partial charge on any atom is -0.496 e. The fourth-order valence-electron chi connectivity index (χ4n) is 4.82. The van der Waals surface area contributed by atoms with Gasteiger partial charge in [-0.2, -0.15) is 0 Å². The van der Waals surface area contributed by atoms with E-state index in [0.717, 1.165) is 12.8 Å². The summed E-state index contributed by atoms with van der Waals surface area (Å²) in [4.78, 5) is 42.0. The molecule has 172 valence electrons. The minimum absolute atomic E-state index is 0.0863. The summed E-state index contributed by atoms with van der Waals surface area (Å²) in [5.41, 5.74) is 1.91. The van der Waals surface area contributed by atoms with Gasteiger partial charge in [-0.3, -0.25) is 19.3 Å². The van der Waals surface area contributed by atoms with Crippen molar-refractivity contribution in [2.45, 2.75) is 25.7 Å². The van der Waals surface area contributed by atoms with E-state index in [-0.39, 0.29) is 36.5 Å². The number of fused-ring (bicyclic) bond motifs is 1. The van der Waals surface area contributed by atoms with E-state index in [1.807, 2.05) is 4.90 Å². The molecular formula is C25H26N2O6. The Morgan fingerprint density at radius 2 is 1.76 bits per heavy atom. The molecule has 2 aromatic carbocycles. The third kappa shape index (κ3) is 4.00. The highest BCUT2D eigenvalue weighted by molar-refractivity contribution is 6.21. The lowest BCUT2D eigenvalue weighted by Gasteiger charge is -2.35. The molecule has 0 N–H and O–H groups in total. The first-order chi connectivity index (χ1) is 16.1. The summed E-state index contributed by atoms with van der Waals surface area (Å²) < 4.78 is 16.8. The number of piperidine rings is 1. The van der Waals surface area contributed by atoms with Crippen LogP contribution in [0.2, 0.25) is 0 Å². The molecule has 0 aliphatic carbocycles. The van der Waals surface area contributed by atoms with E-state index in [0.29, 0.717) is 54.3 Å². The molecule has 3 aliphatic rings. The van der Waals surface area contributed by atoms with Crippen molar-refractivity contribution in [3.8, 4) is 5.75 Å². The van der Waals surface area contributed by atoms with Crippen molar-refractivity contribution in [3.63, 3.8) is 0 Å². The molecule has 8 heteroatoms. The zero-order valence-electron chi connectivity index (χ0n) is 18.5. The second kappa shape index (κ2) is 8.96. The molecule has 2 fully saturated rings. The Labute approximate surface area is 192 Å². The summed E-state index contributed by atoms with van der Waals surface area (Å²) in [5.74, 6) is -0.192. The molecule has 5 rings (SSSR count). The van der Waals surface area contributed by atoms with Crippen LogP contribution in [0.1, 0.15) is 49.5 Å². The molecule has 2 aromatic rings. The maximum atomic E-state index is 13.5. The van der Waals surface area contributed by atoms with Gasteiger partial charge in [0.15, 0.2) is 6.29 Å². The molecule has 33 heavy (non-hydrogen) atoms. The van der Waals surface area contributed by atoms with Crippen molar-refractivity contribution < 1.29 is 28.6 Å². The zero-order valence-corrected chi connectivity index (χ0v) is 18.5. The van der Waals surface area contributed by atoms with Gasteiger partial charge in [-0.25, -0.2) is 0 Å². The van der Waals surface area contributed by atoms with E-state index < -0.39 is 0 Å². The predicted molar refractivity (Wildman–Crippen MR) is 118 cm³/mol. The third-order valence-electron chi connectivity index (χ3n) is 6.49. The summed E-state index contributed by atoms with van der Waals surface area (Å²) >= 11 is 0. The topological polar surface area (TPSA) is 85.4 Å². The smallest absolute Gasteiger partial charge is 0.261 e. The SMILES string of the molecule is COc1ccc(CN2C(=O)c3ccccc3C2=O)cc1C(=O)N1CCCC(C2OCCO2)C1. The van der Waals surface area contributed by atoms with Gasteiger partial charge in [0.25, 0.3) is 17.7 Å². The van der Waals surface area contributed by atoms with Crippen LogP contribution in [0.15, 0.2) is 42.5 Å². The van der Waals surface area contributed by atoms with Crippen LogP contribution >= 0.6 is 0 Å². The van der Waals surface area contributed by atoms with Crippen molar-refractivity contribution in [2.75, 3.05) is 33.4 Å². The van der Waals surface area contributed by atoms with Gasteiger partial charge in [0.2, 0.25) is 0 Å². The minimum atomic E-state index is -0.324. The van der Waals surface area contributed by atoms with E-state index >= 15 is 0 Å². The number of amides is 3. The maximum Gasteiger partial charge on any atom is 0.261 e. The van der Waals surface area contributed by atoms with Crippen molar-refractivity contribution in [1.29, 1.82) is 0 Å². The van der Waals surface area contributed by atoms with Crippen LogP contribution in [0.5, 0.6) is 5.75 Å². The second-order valence-corrected chi connectivity index (χ2v) is 8.54. The Balaban J connectivity index is 1.36. The number of imide groups is 1. The highest BCUT2D eigenvalue weighted by atomic mass is 16.7. The summed E-state index contributed by atoms with van der Waals surface area (Å²) in [7, 11) is 1.52. The van der Waals surface area contributed by atoms with Gasteiger partial charge in [0.05, 0.1) is 43.6 Å². The number of methoxy groups -OCH3 is 1. The molecule has 2 saturated heterocycles. The number of likely N-dealkylation sites (tertiary alicyclic amines) is 1. The quantitative estimate of drug-likeness (QED) is 0.652. The molecule has 1 unspecified atom stereocenters. The van der Waals surface area contributed by atoms with Gasteiger partial charge >= 0.3 is 0 Å². The molecule has 0 saturated carbocycles. The number of hydrogen-bond acceptors (Lipinski definition) is 6. The van der Waals surface area contributed by atoms with Gasteiger partial charge in [-0.15, -0.1) is 0 Å². The molecule has 3 amide bonds. The molecule has 1 atom stereocenters. The highest BCUT2D eigenvalue weighted by Gasteiger charge is 2.36. The van der Waals surface area contributed by atoms with Crippen LogP contribution in [0.4, 0.5) is 0 Å². The third-order valence-corrected chi connectivity index (χ3v) is 6.49. The number of hydrogen-bond donors (Lipinski definition) is 0. The monoisotopic (exact) mass is 450 g/mol. The number of carbonyl (C=O) groups excluding carboxylic acids is 3. The first-order valence-corrected chi connectivity index (χ1v) is 11.2. The lowest BCUT2D eigenvalue weighted by atomic mass is 9.96. The van der Waals surface area contributed by atoms with Gasteiger partial charge in [-0.1, -0.05) is 18.2 Å². The summed E-state index contributed by atoms with van der Waals surface area (Å²) in [6.45, 7) is 2.46. The van der Waals surface area contributed by atoms with Crippen LogP contribution in [-0.2, 0) is 16.0 Å². The Morgan fingerprint density at radius 1 is 1.06 bits per heavy atom. The predicted octanol–water partition coefficient (Wildman–Crippen LogP) is 2.72. The largest absolute Gasteiger partial charge is 0.496 e. The molecule has 3 aliphatic heterocycles. The second-order valence-electron chi connectivity index (χ2n) is 8.54. The van der Waals surface area contributed by atoms with Crippen LogP contribution in [0.25, 0.3) is 0 Å². The average Bonchev–Trinajstić information content (AvgIpc) is 3.48. The van der Waals surface area contributed by atoms with Crippen LogP contribution < -0.4 is 4.74 Å². The standard InChI is InChI=1S/C25H26N2O6/c1-31-21-9-8-16(14-27-23(29)18-6-2-3-7-19(18)24(27)30)13-20(21)22(28)26-10-4-5-17(15-26)25-32-11-12-33-25/h2-3,6-9,13,17,25H,4-5,10-12,14-15H2,1H3. The first kappa shape index (κ1) is 21.6. The Bertz CT molecular complexity index is 1060. The van der Waals surface area contributed by atoms with Crippen molar-refractivity contribution in [1.82, 2.24) is 9.80 Å². The fourth-order valence-corrected chi connectivity index (χ4v) is 4.82. The Kier molecular flexibility index (Phi) is 5.86. The molecule has 0 radical (unpaired) electrons. The number of carbonyl (C=O) groups is 3. The van der Waals surface area contributed by atoms with Gasteiger partial charge in [0.1, 0.15) is 5.75 Å². The zero-order chi connectivity index (χ0) is 22.9. The molecule has 8 nitrogen and oxygen atoms in total. The average molecular weight is 450 g/mol. The normalized spacial score (nSPS) is 20.9. The van der Waals surface area contributed by atoms with Crippen LogP contribution in [0, 0.1) is 5.92 Å². The summed E-state index contributed by atoms with van der Waals surface area (Å²) in [5, 5.41) is 0. The van der Waals surface area contributed by atoms with E-state index in [1.54, 1.807) is 42.5 Å².